The Hall–Kier alpha value is -2.52. The van der Waals surface area contributed by atoms with Crippen molar-refractivity contribution in [1.82, 2.24) is 34.6 Å². The van der Waals surface area contributed by atoms with E-state index in [2.05, 4.69) is 56.8 Å². The molecule has 25 heavy (non-hydrogen) atoms. The quantitative estimate of drug-likeness (QED) is 0.612. The molecule has 0 saturated heterocycles. The van der Waals surface area contributed by atoms with Gasteiger partial charge >= 0.3 is 0 Å². The average Bonchev–Trinajstić information content (AvgIpc) is 3.30. The minimum atomic E-state index is 0.357. The number of methoxy groups -OCH3 is 1. The van der Waals surface area contributed by atoms with Crippen molar-refractivity contribution in [3.05, 3.63) is 47.4 Å². The Morgan fingerprint density at radius 2 is 1.96 bits per heavy atom. The second kappa shape index (κ2) is 7.58. The van der Waals surface area contributed by atoms with Gasteiger partial charge in [0, 0.05) is 25.0 Å². The van der Waals surface area contributed by atoms with Crippen LogP contribution in [0.5, 0.6) is 0 Å². The molecule has 0 unspecified atom stereocenters. The van der Waals surface area contributed by atoms with Crippen molar-refractivity contribution in [2.75, 3.05) is 13.7 Å². The monoisotopic (exact) mass is 345 g/mol. The third-order valence-corrected chi connectivity index (χ3v) is 4.12. The van der Waals surface area contributed by atoms with Crippen molar-refractivity contribution in [2.24, 2.45) is 0 Å². The van der Waals surface area contributed by atoms with Gasteiger partial charge in [0.25, 0.3) is 0 Å². The van der Waals surface area contributed by atoms with Crippen LogP contribution in [-0.4, -0.2) is 48.2 Å². The van der Waals surface area contributed by atoms with Gasteiger partial charge in [-0.05, 0) is 32.0 Å². The maximum absolute atomic E-state index is 5.30. The van der Waals surface area contributed by atoms with Crippen molar-refractivity contribution < 1.29 is 9.26 Å². The van der Waals surface area contributed by atoms with E-state index in [0.29, 0.717) is 24.9 Å². The molecule has 0 amide bonds. The highest BCUT2D eigenvalue weighted by atomic mass is 16.5. The summed E-state index contributed by atoms with van der Waals surface area (Å²) in [6.45, 7) is 8.91. The summed E-state index contributed by atoms with van der Waals surface area (Å²) in [6, 6.07) is 2.18. The third-order valence-electron chi connectivity index (χ3n) is 4.12. The van der Waals surface area contributed by atoms with Crippen LogP contribution in [0.25, 0.3) is 0 Å². The fourth-order valence-electron chi connectivity index (χ4n) is 2.89. The topological polar surface area (TPSA) is 87.0 Å². The SMILES string of the molecule is CCN(Cc1nc(COC)no1)Cc1cc(C)n(-n2cnnc2)c1C. The van der Waals surface area contributed by atoms with E-state index in [1.807, 2.05) is 4.68 Å². The lowest BCUT2D eigenvalue weighted by atomic mass is 10.2. The summed E-state index contributed by atoms with van der Waals surface area (Å²) >= 11 is 0. The Kier molecular flexibility index (Phi) is 5.25. The van der Waals surface area contributed by atoms with E-state index >= 15 is 0 Å². The molecule has 9 heteroatoms. The first-order chi connectivity index (χ1) is 12.1. The van der Waals surface area contributed by atoms with E-state index < -0.39 is 0 Å². The van der Waals surface area contributed by atoms with Gasteiger partial charge in [0.05, 0.1) is 6.54 Å². The Labute approximate surface area is 146 Å². The first-order valence-corrected chi connectivity index (χ1v) is 8.18. The van der Waals surface area contributed by atoms with Crippen molar-refractivity contribution in [2.45, 2.75) is 40.5 Å². The van der Waals surface area contributed by atoms with Gasteiger partial charge in [0.2, 0.25) is 5.89 Å². The summed E-state index contributed by atoms with van der Waals surface area (Å²) < 4.78 is 14.3. The molecule has 0 fully saturated rings. The molecule has 3 rings (SSSR count). The van der Waals surface area contributed by atoms with Crippen molar-refractivity contribution in [3.8, 4) is 0 Å². The third kappa shape index (κ3) is 3.77. The molecule has 0 aliphatic rings. The highest BCUT2D eigenvalue weighted by molar-refractivity contribution is 5.27. The summed E-state index contributed by atoms with van der Waals surface area (Å²) in [5.41, 5.74) is 3.52. The van der Waals surface area contributed by atoms with Crippen LogP contribution in [0.15, 0.2) is 23.2 Å². The number of aromatic nitrogens is 6. The molecule has 0 atom stereocenters. The minimum absolute atomic E-state index is 0.357. The van der Waals surface area contributed by atoms with E-state index in [1.54, 1.807) is 19.8 Å². The van der Waals surface area contributed by atoms with Crippen molar-refractivity contribution >= 4 is 0 Å². The lowest BCUT2D eigenvalue weighted by molar-refractivity contribution is 0.174. The molecule has 9 nitrogen and oxygen atoms in total. The number of hydrogen-bond donors (Lipinski definition) is 0. The summed E-state index contributed by atoms with van der Waals surface area (Å²) in [7, 11) is 1.61. The van der Waals surface area contributed by atoms with E-state index in [1.165, 1.54) is 5.56 Å². The van der Waals surface area contributed by atoms with Crippen LogP contribution in [0.4, 0.5) is 0 Å². The fraction of sp³-hybridized carbons (Fsp3) is 0.500. The second-order valence-electron chi connectivity index (χ2n) is 5.89. The van der Waals surface area contributed by atoms with Gasteiger partial charge in [-0.1, -0.05) is 12.1 Å². The molecule has 134 valence electrons. The molecule has 0 bridgehead atoms. The van der Waals surface area contributed by atoms with Gasteiger partial charge in [-0.25, -0.2) is 4.68 Å². The molecule has 0 aromatic carbocycles. The number of aryl methyl sites for hydroxylation is 1. The maximum atomic E-state index is 5.30. The number of rotatable bonds is 8. The van der Waals surface area contributed by atoms with Crippen LogP contribution < -0.4 is 0 Å². The largest absolute Gasteiger partial charge is 0.377 e. The zero-order chi connectivity index (χ0) is 17.8. The van der Waals surface area contributed by atoms with Crippen LogP contribution in [0.2, 0.25) is 0 Å². The molecule has 0 aliphatic heterocycles. The second-order valence-corrected chi connectivity index (χ2v) is 5.89. The summed E-state index contributed by atoms with van der Waals surface area (Å²) in [5.74, 6) is 1.17. The molecule has 3 aromatic rings. The van der Waals surface area contributed by atoms with Gasteiger partial charge < -0.3 is 9.26 Å². The molecule has 0 radical (unpaired) electrons. The van der Waals surface area contributed by atoms with Gasteiger partial charge in [-0.2, -0.15) is 4.98 Å². The maximum Gasteiger partial charge on any atom is 0.240 e. The molecular weight excluding hydrogens is 322 g/mol. The Bertz CT molecular complexity index is 807. The molecule has 0 aliphatic carbocycles. The molecule has 0 spiro atoms. The van der Waals surface area contributed by atoms with Crippen molar-refractivity contribution in [3.63, 3.8) is 0 Å². The van der Waals surface area contributed by atoms with Crippen LogP contribution in [0.3, 0.4) is 0 Å². The molecule has 0 saturated carbocycles. The zero-order valence-corrected chi connectivity index (χ0v) is 15.0. The standard InChI is InChI=1S/C16H23N7O2/c1-5-21(8-16-19-15(9-24-4)20-25-16)7-14-6-12(2)23(13(14)3)22-10-17-18-11-22/h6,10-11H,5,7-9H2,1-4H3. The van der Waals surface area contributed by atoms with Gasteiger partial charge in [0.1, 0.15) is 19.3 Å². The molecule has 3 aromatic heterocycles. The van der Waals surface area contributed by atoms with Crippen LogP contribution >= 0.6 is 0 Å². The van der Waals surface area contributed by atoms with E-state index in [9.17, 15) is 0 Å². The Balaban J connectivity index is 1.74. The summed E-state index contributed by atoms with van der Waals surface area (Å²) in [4.78, 5) is 6.60. The lowest BCUT2D eigenvalue weighted by Gasteiger charge is -2.18. The fourth-order valence-corrected chi connectivity index (χ4v) is 2.89. The minimum Gasteiger partial charge on any atom is -0.377 e. The van der Waals surface area contributed by atoms with E-state index in [0.717, 1.165) is 24.5 Å². The number of nitrogens with zero attached hydrogens (tertiary/aromatic N) is 7. The summed E-state index contributed by atoms with van der Waals surface area (Å²) in [6.07, 6.45) is 3.38. The van der Waals surface area contributed by atoms with E-state index in [4.69, 9.17) is 9.26 Å². The predicted octanol–water partition coefficient (Wildman–Crippen LogP) is 1.56. The van der Waals surface area contributed by atoms with Crippen LogP contribution in [-0.2, 0) is 24.4 Å². The summed E-state index contributed by atoms with van der Waals surface area (Å²) in [5, 5.41) is 11.7. The number of ether oxygens (including phenoxy) is 1. The molecular formula is C16H23N7O2. The van der Waals surface area contributed by atoms with Gasteiger partial charge in [0.15, 0.2) is 5.82 Å². The normalized spacial score (nSPS) is 11.6. The van der Waals surface area contributed by atoms with E-state index in [-0.39, 0.29) is 0 Å². The number of hydrogen-bond acceptors (Lipinski definition) is 7. The smallest absolute Gasteiger partial charge is 0.240 e. The van der Waals surface area contributed by atoms with Crippen LogP contribution in [0.1, 0.15) is 35.6 Å². The van der Waals surface area contributed by atoms with Crippen molar-refractivity contribution in [1.29, 1.82) is 0 Å². The first kappa shape index (κ1) is 17.3. The lowest BCUT2D eigenvalue weighted by Crippen LogP contribution is -2.23. The average molecular weight is 345 g/mol. The molecule has 3 heterocycles. The highest BCUT2D eigenvalue weighted by Crippen LogP contribution is 2.18. The Morgan fingerprint density at radius 3 is 2.64 bits per heavy atom. The van der Waals surface area contributed by atoms with Gasteiger partial charge in [-0.3, -0.25) is 9.58 Å². The van der Waals surface area contributed by atoms with Crippen LogP contribution in [0, 0.1) is 13.8 Å². The Morgan fingerprint density at radius 1 is 1.20 bits per heavy atom. The van der Waals surface area contributed by atoms with Gasteiger partial charge in [-0.15, -0.1) is 10.2 Å². The highest BCUT2D eigenvalue weighted by Gasteiger charge is 2.16. The molecule has 0 N–H and O–H groups in total. The zero-order valence-electron chi connectivity index (χ0n) is 15.0. The first-order valence-electron chi connectivity index (χ1n) is 8.18. The predicted molar refractivity (Wildman–Crippen MR) is 89.5 cm³/mol.